The summed E-state index contributed by atoms with van der Waals surface area (Å²) in [6.45, 7) is 0.899. The lowest BCUT2D eigenvalue weighted by Crippen LogP contribution is -2.39. The van der Waals surface area contributed by atoms with Crippen LogP contribution in [0.2, 0.25) is 0 Å². The molecule has 0 unspecified atom stereocenters. The van der Waals surface area contributed by atoms with Crippen LogP contribution < -0.4 is 0 Å². The number of carboxylic acid groups (broad SMARTS) is 2. The molecule has 33 heavy (non-hydrogen) atoms. The second kappa shape index (κ2) is 12.2. The van der Waals surface area contributed by atoms with Gasteiger partial charge in [-0.05, 0) is 6.92 Å². The molecule has 10 heteroatoms. The normalized spacial score (nSPS) is 11.3. The molecule has 0 aromatic heterocycles. The number of hydrogen-bond donors (Lipinski definition) is 6. The maximum absolute atomic E-state index is 11.4. The van der Waals surface area contributed by atoms with Gasteiger partial charge in [0.1, 0.15) is 11.5 Å². The van der Waals surface area contributed by atoms with Crippen LogP contribution in [0.15, 0.2) is 30.3 Å². The zero-order chi connectivity index (χ0) is 24.5. The van der Waals surface area contributed by atoms with Crippen molar-refractivity contribution in [3.8, 4) is 11.5 Å². The van der Waals surface area contributed by atoms with Gasteiger partial charge in [0.05, 0.1) is 26.3 Å². The lowest BCUT2D eigenvalue weighted by molar-refractivity contribution is -0.140. The van der Waals surface area contributed by atoms with Crippen LogP contribution >= 0.6 is 0 Å². The van der Waals surface area contributed by atoms with E-state index < -0.39 is 11.9 Å². The van der Waals surface area contributed by atoms with Gasteiger partial charge < -0.3 is 30.6 Å². The molecule has 0 radical (unpaired) electrons. The molecule has 6 N–H and O–H groups in total. The molecule has 2 aromatic carbocycles. The lowest BCUT2D eigenvalue weighted by Gasteiger charge is -2.27. The highest BCUT2D eigenvalue weighted by atomic mass is 16.4. The van der Waals surface area contributed by atoms with Crippen LogP contribution in [0, 0.1) is 6.92 Å². The standard InChI is InChI=1S/C23H30N2O8/c1-15-7-18(23(33)19(8-15)14-27)10-25(12-21(30)31)6-5-24(11-20(28)29)9-16-3-2-4-17(13-26)22(16)32/h2-4,7-8,26-27,32-33H,5-6,9-14H2,1H3,(H,28,29)(H,30,31). The second-order valence-corrected chi connectivity index (χ2v) is 7.88. The number of carboxylic acids is 2. The molecule has 0 fully saturated rings. The Morgan fingerprint density at radius 3 is 1.73 bits per heavy atom. The fourth-order valence-corrected chi connectivity index (χ4v) is 3.65. The highest BCUT2D eigenvalue weighted by molar-refractivity contribution is 5.69. The minimum absolute atomic E-state index is 0.0806. The largest absolute Gasteiger partial charge is 0.507 e. The van der Waals surface area contributed by atoms with Gasteiger partial charge in [-0.2, -0.15) is 0 Å². The first-order valence-electron chi connectivity index (χ1n) is 10.4. The number of rotatable bonds is 13. The topological polar surface area (TPSA) is 162 Å². The number of aliphatic hydroxyl groups is 2. The van der Waals surface area contributed by atoms with Crippen LogP contribution in [0.3, 0.4) is 0 Å². The number of aliphatic carboxylic acids is 2. The summed E-state index contributed by atoms with van der Waals surface area (Å²) in [5.74, 6) is -2.38. The van der Waals surface area contributed by atoms with E-state index in [4.69, 9.17) is 0 Å². The number of hydrogen-bond acceptors (Lipinski definition) is 8. The smallest absolute Gasteiger partial charge is 0.317 e. The van der Waals surface area contributed by atoms with Gasteiger partial charge in [0, 0.05) is 48.4 Å². The minimum atomic E-state index is -1.08. The Morgan fingerprint density at radius 2 is 1.21 bits per heavy atom. The van der Waals surface area contributed by atoms with Crippen molar-refractivity contribution >= 4 is 11.9 Å². The van der Waals surface area contributed by atoms with Crippen molar-refractivity contribution < 1.29 is 40.2 Å². The molecule has 0 bridgehead atoms. The quantitative estimate of drug-likeness (QED) is 0.252. The molecule has 0 saturated heterocycles. The Balaban J connectivity index is 2.20. The maximum Gasteiger partial charge on any atom is 0.317 e. The fourth-order valence-electron chi connectivity index (χ4n) is 3.65. The third-order valence-electron chi connectivity index (χ3n) is 5.19. The maximum atomic E-state index is 11.4. The Morgan fingerprint density at radius 1 is 0.758 bits per heavy atom. The first-order valence-corrected chi connectivity index (χ1v) is 10.4. The number of para-hydroxylation sites is 1. The molecular weight excluding hydrogens is 432 g/mol. The first kappa shape index (κ1) is 26.1. The van der Waals surface area contributed by atoms with Gasteiger partial charge >= 0.3 is 11.9 Å². The van der Waals surface area contributed by atoms with Crippen molar-refractivity contribution in [2.45, 2.75) is 33.2 Å². The van der Waals surface area contributed by atoms with Crippen LogP contribution in [0.4, 0.5) is 0 Å². The molecule has 0 atom stereocenters. The summed E-state index contributed by atoms with van der Waals surface area (Å²) in [6, 6.07) is 8.18. The van der Waals surface area contributed by atoms with E-state index in [1.54, 1.807) is 47.1 Å². The van der Waals surface area contributed by atoms with E-state index in [9.17, 15) is 40.2 Å². The van der Waals surface area contributed by atoms with Gasteiger partial charge in [0.25, 0.3) is 0 Å². The Hall–Kier alpha value is -3.18. The summed E-state index contributed by atoms with van der Waals surface area (Å²) in [4.78, 5) is 25.9. The van der Waals surface area contributed by atoms with E-state index in [0.29, 0.717) is 22.3 Å². The first-order chi connectivity index (χ1) is 15.6. The Bertz CT molecular complexity index is 979. The number of aryl methyl sites for hydroxylation is 1. The van der Waals surface area contributed by atoms with Gasteiger partial charge in [-0.1, -0.05) is 35.9 Å². The zero-order valence-electron chi connectivity index (χ0n) is 18.4. The van der Waals surface area contributed by atoms with Gasteiger partial charge in [-0.3, -0.25) is 19.4 Å². The summed E-state index contributed by atoms with van der Waals surface area (Å²) in [6.07, 6.45) is 0. The Labute approximate surface area is 191 Å². The van der Waals surface area contributed by atoms with Crippen LogP contribution in [0.1, 0.15) is 27.8 Å². The summed E-state index contributed by atoms with van der Waals surface area (Å²) in [5.41, 5.74) is 2.36. The molecule has 0 aliphatic rings. The van der Waals surface area contributed by atoms with Crippen molar-refractivity contribution in [1.29, 1.82) is 0 Å². The molecule has 0 saturated carbocycles. The van der Waals surface area contributed by atoms with E-state index in [2.05, 4.69) is 0 Å². The second-order valence-electron chi connectivity index (χ2n) is 7.88. The number of nitrogens with zero attached hydrogens (tertiary/aromatic N) is 2. The number of aromatic hydroxyl groups is 2. The molecule has 180 valence electrons. The van der Waals surface area contributed by atoms with Crippen molar-refractivity contribution in [2.75, 3.05) is 26.2 Å². The Kier molecular flexibility index (Phi) is 9.61. The molecule has 2 aromatic rings. The minimum Gasteiger partial charge on any atom is -0.507 e. The average Bonchev–Trinajstić information content (AvgIpc) is 2.74. The van der Waals surface area contributed by atoms with E-state index >= 15 is 0 Å². The number of phenols is 2. The highest BCUT2D eigenvalue weighted by Gasteiger charge is 2.19. The van der Waals surface area contributed by atoms with Crippen molar-refractivity contribution in [1.82, 2.24) is 9.80 Å². The lowest BCUT2D eigenvalue weighted by atomic mass is 10.0. The van der Waals surface area contributed by atoms with Gasteiger partial charge in [-0.25, -0.2) is 0 Å². The van der Waals surface area contributed by atoms with E-state index in [-0.39, 0.29) is 64.0 Å². The van der Waals surface area contributed by atoms with Gasteiger partial charge in [0.15, 0.2) is 0 Å². The summed E-state index contributed by atoms with van der Waals surface area (Å²) in [7, 11) is 0. The highest BCUT2D eigenvalue weighted by Crippen LogP contribution is 2.26. The van der Waals surface area contributed by atoms with Crippen LogP contribution in [0.25, 0.3) is 0 Å². The van der Waals surface area contributed by atoms with Crippen LogP contribution in [0.5, 0.6) is 11.5 Å². The number of aliphatic hydroxyl groups excluding tert-OH is 2. The van der Waals surface area contributed by atoms with Crippen molar-refractivity contribution in [2.24, 2.45) is 0 Å². The predicted octanol–water partition coefficient (Wildman–Crippen LogP) is 0.864. The summed E-state index contributed by atoms with van der Waals surface area (Å²) >= 11 is 0. The van der Waals surface area contributed by atoms with E-state index in [1.165, 1.54) is 0 Å². The average molecular weight is 462 g/mol. The van der Waals surface area contributed by atoms with Crippen molar-refractivity contribution in [3.63, 3.8) is 0 Å². The van der Waals surface area contributed by atoms with Gasteiger partial charge in [-0.15, -0.1) is 0 Å². The number of benzene rings is 2. The molecule has 0 heterocycles. The molecule has 0 spiro atoms. The third-order valence-corrected chi connectivity index (χ3v) is 5.19. The SMILES string of the molecule is Cc1cc(CO)c(O)c(CN(CCN(CC(=O)O)Cc2cccc(CO)c2O)CC(=O)O)c1. The monoisotopic (exact) mass is 462 g/mol. The summed E-state index contributed by atoms with van der Waals surface area (Å²) < 4.78 is 0. The van der Waals surface area contributed by atoms with E-state index in [1.807, 2.05) is 0 Å². The zero-order valence-corrected chi connectivity index (χ0v) is 18.4. The van der Waals surface area contributed by atoms with Crippen LogP contribution in [-0.4, -0.2) is 78.6 Å². The van der Waals surface area contributed by atoms with Crippen LogP contribution in [-0.2, 0) is 35.9 Å². The molecule has 2 rings (SSSR count). The van der Waals surface area contributed by atoms with Crippen molar-refractivity contribution in [3.05, 3.63) is 58.1 Å². The van der Waals surface area contributed by atoms with E-state index in [0.717, 1.165) is 5.56 Å². The molecule has 0 aliphatic heterocycles. The summed E-state index contributed by atoms with van der Waals surface area (Å²) in [5, 5.41) is 58.1. The third kappa shape index (κ3) is 7.72. The molecular formula is C23H30N2O8. The predicted molar refractivity (Wildman–Crippen MR) is 119 cm³/mol. The fraction of sp³-hybridized carbons (Fsp3) is 0.391. The molecule has 10 nitrogen and oxygen atoms in total. The number of carbonyl (C=O) groups is 2. The molecule has 0 aliphatic carbocycles. The van der Waals surface area contributed by atoms with Gasteiger partial charge in [0.2, 0.25) is 0 Å². The molecule has 0 amide bonds.